The van der Waals surface area contributed by atoms with Crippen LogP contribution in [0.15, 0.2) is 24.3 Å². The fourth-order valence-electron chi connectivity index (χ4n) is 1.96. The van der Waals surface area contributed by atoms with Gasteiger partial charge in [0.1, 0.15) is 6.23 Å². The molecule has 0 saturated carbocycles. The molecule has 0 radical (unpaired) electrons. The van der Waals surface area contributed by atoms with Gasteiger partial charge in [-0.1, -0.05) is 31.2 Å². The Morgan fingerprint density at radius 2 is 2.27 bits per heavy atom. The van der Waals surface area contributed by atoms with Crippen LogP contribution in [0.4, 0.5) is 0 Å². The molecule has 15 heavy (non-hydrogen) atoms. The third kappa shape index (κ3) is 2.20. The summed E-state index contributed by atoms with van der Waals surface area (Å²) in [6.45, 7) is 3.73. The molecular formula is C12H18N2O. The van der Waals surface area contributed by atoms with Crippen molar-refractivity contribution in [1.82, 2.24) is 5.01 Å². The summed E-state index contributed by atoms with van der Waals surface area (Å²) in [5, 5.41) is 1.79. The summed E-state index contributed by atoms with van der Waals surface area (Å²) in [5.41, 5.74) is 2.58. The van der Waals surface area contributed by atoms with Gasteiger partial charge in [-0.05, 0) is 24.0 Å². The number of nitrogens with zero attached hydrogens (tertiary/aromatic N) is 1. The van der Waals surface area contributed by atoms with E-state index >= 15 is 0 Å². The first-order chi connectivity index (χ1) is 7.33. The van der Waals surface area contributed by atoms with Crippen molar-refractivity contribution in [2.24, 2.45) is 5.84 Å². The molecule has 2 rings (SSSR count). The van der Waals surface area contributed by atoms with E-state index in [1.807, 2.05) is 6.07 Å². The molecule has 0 fully saturated rings. The number of rotatable bonds is 3. The maximum Gasteiger partial charge on any atom is 0.149 e. The van der Waals surface area contributed by atoms with Crippen LogP contribution in [-0.2, 0) is 11.2 Å². The predicted molar refractivity (Wildman–Crippen MR) is 60.0 cm³/mol. The summed E-state index contributed by atoms with van der Waals surface area (Å²) in [5.74, 6) is 5.94. The van der Waals surface area contributed by atoms with E-state index in [2.05, 4.69) is 25.1 Å². The lowest BCUT2D eigenvalue weighted by atomic mass is 9.99. The van der Waals surface area contributed by atoms with Gasteiger partial charge in [0.2, 0.25) is 0 Å². The molecule has 0 aliphatic carbocycles. The Hall–Kier alpha value is -0.900. The van der Waals surface area contributed by atoms with Crippen LogP contribution < -0.4 is 5.84 Å². The number of ether oxygens (including phenoxy) is 1. The van der Waals surface area contributed by atoms with Crippen molar-refractivity contribution in [3.8, 4) is 0 Å². The molecule has 1 heterocycles. The molecule has 1 aromatic rings. The van der Waals surface area contributed by atoms with Gasteiger partial charge in [-0.2, -0.15) is 0 Å². The Morgan fingerprint density at radius 3 is 3.07 bits per heavy atom. The second-order valence-corrected chi connectivity index (χ2v) is 3.91. The van der Waals surface area contributed by atoms with Crippen molar-refractivity contribution < 1.29 is 4.74 Å². The summed E-state index contributed by atoms with van der Waals surface area (Å²) < 4.78 is 5.77. The van der Waals surface area contributed by atoms with Gasteiger partial charge in [0, 0.05) is 13.2 Å². The van der Waals surface area contributed by atoms with Gasteiger partial charge in [-0.25, -0.2) is 5.01 Å². The Labute approximate surface area is 90.8 Å². The zero-order valence-electron chi connectivity index (χ0n) is 9.15. The van der Waals surface area contributed by atoms with Crippen molar-refractivity contribution >= 4 is 0 Å². The molecule has 0 spiro atoms. The smallest absolute Gasteiger partial charge is 0.149 e. The van der Waals surface area contributed by atoms with Crippen LogP contribution in [0.3, 0.4) is 0 Å². The van der Waals surface area contributed by atoms with Gasteiger partial charge < -0.3 is 4.74 Å². The van der Waals surface area contributed by atoms with E-state index in [9.17, 15) is 0 Å². The molecular weight excluding hydrogens is 188 g/mol. The SMILES string of the molecule is CCCOC1c2ccccc2CCN1N. The van der Waals surface area contributed by atoms with E-state index in [-0.39, 0.29) is 6.23 Å². The maximum atomic E-state index is 5.94. The topological polar surface area (TPSA) is 38.5 Å². The summed E-state index contributed by atoms with van der Waals surface area (Å²) in [4.78, 5) is 0. The molecule has 1 aliphatic heterocycles. The lowest BCUT2D eigenvalue weighted by Crippen LogP contribution is -2.41. The van der Waals surface area contributed by atoms with Crippen molar-refractivity contribution in [3.63, 3.8) is 0 Å². The Kier molecular flexibility index (Phi) is 3.36. The first-order valence-electron chi connectivity index (χ1n) is 5.53. The zero-order valence-corrected chi connectivity index (χ0v) is 9.15. The number of fused-ring (bicyclic) bond motifs is 1. The highest BCUT2D eigenvalue weighted by atomic mass is 16.5. The minimum Gasteiger partial charge on any atom is -0.358 e. The van der Waals surface area contributed by atoms with E-state index in [0.717, 1.165) is 26.0 Å². The number of hydrogen-bond donors (Lipinski definition) is 1. The predicted octanol–water partition coefficient (Wildman–Crippen LogP) is 1.84. The molecule has 82 valence electrons. The van der Waals surface area contributed by atoms with Crippen LogP contribution in [0.5, 0.6) is 0 Å². The van der Waals surface area contributed by atoms with Gasteiger partial charge in [0.05, 0.1) is 0 Å². The van der Waals surface area contributed by atoms with E-state index in [1.54, 1.807) is 5.01 Å². The molecule has 0 saturated heterocycles. The summed E-state index contributed by atoms with van der Waals surface area (Å²) in [6, 6.07) is 8.38. The van der Waals surface area contributed by atoms with E-state index < -0.39 is 0 Å². The minimum atomic E-state index is -0.0603. The quantitative estimate of drug-likeness (QED) is 0.767. The Morgan fingerprint density at radius 1 is 1.47 bits per heavy atom. The largest absolute Gasteiger partial charge is 0.358 e. The van der Waals surface area contributed by atoms with Crippen molar-refractivity contribution in [2.75, 3.05) is 13.2 Å². The van der Waals surface area contributed by atoms with Crippen molar-refractivity contribution in [1.29, 1.82) is 0 Å². The highest BCUT2D eigenvalue weighted by molar-refractivity contribution is 5.30. The first-order valence-corrected chi connectivity index (χ1v) is 5.53. The van der Waals surface area contributed by atoms with Gasteiger partial charge in [0.15, 0.2) is 0 Å². The Bertz CT molecular complexity index is 327. The van der Waals surface area contributed by atoms with Gasteiger partial charge in [-0.3, -0.25) is 5.84 Å². The van der Waals surface area contributed by atoms with Crippen LogP contribution in [0, 0.1) is 0 Å². The highest BCUT2D eigenvalue weighted by Crippen LogP contribution is 2.28. The lowest BCUT2D eigenvalue weighted by molar-refractivity contribution is -0.0697. The number of hydrazine groups is 1. The second-order valence-electron chi connectivity index (χ2n) is 3.91. The maximum absolute atomic E-state index is 5.94. The molecule has 1 atom stereocenters. The molecule has 1 unspecified atom stereocenters. The molecule has 3 nitrogen and oxygen atoms in total. The average molecular weight is 206 g/mol. The summed E-state index contributed by atoms with van der Waals surface area (Å²) in [7, 11) is 0. The van der Waals surface area contributed by atoms with Gasteiger partial charge in [0.25, 0.3) is 0 Å². The van der Waals surface area contributed by atoms with Crippen LogP contribution in [-0.4, -0.2) is 18.2 Å². The van der Waals surface area contributed by atoms with Crippen LogP contribution in [0.1, 0.15) is 30.7 Å². The molecule has 3 heteroatoms. The second kappa shape index (κ2) is 4.75. The van der Waals surface area contributed by atoms with Crippen LogP contribution in [0.2, 0.25) is 0 Å². The van der Waals surface area contributed by atoms with Crippen LogP contribution in [0.25, 0.3) is 0 Å². The normalized spacial score (nSPS) is 21.3. The zero-order chi connectivity index (χ0) is 10.7. The highest BCUT2D eigenvalue weighted by Gasteiger charge is 2.24. The van der Waals surface area contributed by atoms with Gasteiger partial charge in [-0.15, -0.1) is 0 Å². The molecule has 0 amide bonds. The van der Waals surface area contributed by atoms with Crippen molar-refractivity contribution in [3.05, 3.63) is 35.4 Å². The molecule has 0 aromatic heterocycles. The minimum absolute atomic E-state index is 0.0603. The Balaban J connectivity index is 2.21. The number of benzene rings is 1. The molecule has 1 aromatic carbocycles. The van der Waals surface area contributed by atoms with Crippen molar-refractivity contribution in [2.45, 2.75) is 26.0 Å². The average Bonchev–Trinajstić information content (AvgIpc) is 2.28. The third-order valence-electron chi connectivity index (χ3n) is 2.74. The summed E-state index contributed by atoms with van der Waals surface area (Å²) >= 11 is 0. The molecule has 1 aliphatic rings. The summed E-state index contributed by atoms with van der Waals surface area (Å²) in [6.07, 6.45) is 1.97. The lowest BCUT2D eigenvalue weighted by Gasteiger charge is -2.33. The third-order valence-corrected chi connectivity index (χ3v) is 2.74. The van der Waals surface area contributed by atoms with Gasteiger partial charge >= 0.3 is 0 Å². The standard InChI is InChI=1S/C12H18N2O/c1-2-9-15-12-11-6-4-3-5-10(11)7-8-14(12)13/h3-6,12H,2,7-9,13H2,1H3. The van der Waals surface area contributed by atoms with Crippen LogP contribution >= 0.6 is 0 Å². The fraction of sp³-hybridized carbons (Fsp3) is 0.500. The van der Waals surface area contributed by atoms with E-state index in [0.29, 0.717) is 0 Å². The monoisotopic (exact) mass is 206 g/mol. The fourth-order valence-corrected chi connectivity index (χ4v) is 1.96. The first kappa shape index (κ1) is 10.6. The van der Waals surface area contributed by atoms with E-state index in [1.165, 1.54) is 11.1 Å². The van der Waals surface area contributed by atoms with E-state index in [4.69, 9.17) is 10.6 Å². The molecule has 2 N–H and O–H groups in total. The number of hydrogen-bond acceptors (Lipinski definition) is 3. The number of nitrogens with two attached hydrogens (primary N) is 1. The molecule has 0 bridgehead atoms.